The van der Waals surface area contributed by atoms with Crippen LogP contribution in [0, 0.1) is 0 Å². The zero-order valence-electron chi connectivity index (χ0n) is 10.5. The minimum Gasteiger partial charge on any atom is -0.314 e. The zero-order chi connectivity index (χ0) is 12.1. The summed E-state index contributed by atoms with van der Waals surface area (Å²) < 4.78 is 14.5. The molecule has 2 unspecified atom stereocenters. The molecule has 2 atom stereocenters. The number of alkyl halides is 1. The molecule has 0 bridgehead atoms. The zero-order valence-corrected chi connectivity index (χ0v) is 10.5. The summed E-state index contributed by atoms with van der Waals surface area (Å²) in [4.78, 5) is 4.20. The van der Waals surface area contributed by atoms with E-state index >= 15 is 0 Å². The number of nitrogens with one attached hydrogen (secondary N) is 1. The second kappa shape index (κ2) is 5.58. The molecule has 0 radical (unpaired) electrons. The van der Waals surface area contributed by atoms with Gasteiger partial charge in [0.05, 0.1) is 0 Å². The average molecular weight is 236 g/mol. The van der Waals surface area contributed by atoms with Gasteiger partial charge in [-0.15, -0.1) is 0 Å². The minimum atomic E-state index is -1.16. The first-order valence-corrected chi connectivity index (χ1v) is 6.48. The molecular formula is C14H21FN2. The number of hydrogen-bond acceptors (Lipinski definition) is 2. The lowest BCUT2D eigenvalue weighted by Gasteiger charge is -2.29. The molecule has 3 heteroatoms. The molecule has 94 valence electrons. The molecule has 1 aromatic rings. The number of pyridine rings is 1. The minimum absolute atomic E-state index is 0.336. The van der Waals surface area contributed by atoms with Crippen molar-refractivity contribution in [3.8, 4) is 0 Å². The van der Waals surface area contributed by atoms with Crippen LogP contribution in [0.4, 0.5) is 4.39 Å². The smallest absolute Gasteiger partial charge is 0.115 e. The van der Waals surface area contributed by atoms with Crippen LogP contribution in [0.3, 0.4) is 0 Å². The average Bonchev–Trinajstić information content (AvgIpc) is 2.30. The van der Waals surface area contributed by atoms with Gasteiger partial charge in [-0.05, 0) is 44.9 Å². The Morgan fingerprint density at radius 1 is 1.47 bits per heavy atom. The summed E-state index contributed by atoms with van der Waals surface area (Å²) in [6.45, 7) is 2.72. The van der Waals surface area contributed by atoms with Crippen LogP contribution in [0.2, 0.25) is 0 Å². The molecule has 0 aromatic carbocycles. The van der Waals surface area contributed by atoms with E-state index in [2.05, 4.69) is 10.3 Å². The molecule has 17 heavy (non-hydrogen) atoms. The molecule has 1 fully saturated rings. The Bertz CT molecular complexity index is 331. The van der Waals surface area contributed by atoms with Crippen molar-refractivity contribution < 1.29 is 4.39 Å². The van der Waals surface area contributed by atoms with Crippen LogP contribution in [0.1, 0.15) is 38.3 Å². The van der Waals surface area contributed by atoms with E-state index in [-0.39, 0.29) is 0 Å². The monoisotopic (exact) mass is 236 g/mol. The number of halogens is 1. The lowest BCUT2D eigenvalue weighted by Crippen LogP contribution is -2.40. The molecule has 0 aliphatic carbocycles. The molecule has 1 aliphatic rings. The van der Waals surface area contributed by atoms with Crippen molar-refractivity contribution in [2.24, 2.45) is 0 Å². The Morgan fingerprint density at radius 2 is 2.35 bits per heavy atom. The molecule has 2 heterocycles. The van der Waals surface area contributed by atoms with Gasteiger partial charge in [0.15, 0.2) is 0 Å². The van der Waals surface area contributed by atoms with E-state index in [4.69, 9.17) is 0 Å². The quantitative estimate of drug-likeness (QED) is 0.869. The van der Waals surface area contributed by atoms with E-state index in [1.54, 1.807) is 13.1 Å². The second-order valence-corrected chi connectivity index (χ2v) is 5.26. The van der Waals surface area contributed by atoms with Crippen LogP contribution in [-0.2, 0) is 6.42 Å². The van der Waals surface area contributed by atoms with Crippen LogP contribution in [-0.4, -0.2) is 23.2 Å². The summed E-state index contributed by atoms with van der Waals surface area (Å²) in [5.41, 5.74) is -0.322. The highest BCUT2D eigenvalue weighted by Crippen LogP contribution is 2.25. The molecule has 1 aromatic heterocycles. The van der Waals surface area contributed by atoms with Crippen LogP contribution in [0.5, 0.6) is 0 Å². The Hall–Kier alpha value is -0.960. The Kier molecular flexibility index (Phi) is 4.11. The van der Waals surface area contributed by atoms with Crippen LogP contribution in [0.15, 0.2) is 24.4 Å². The molecule has 1 N–H and O–H groups in total. The fourth-order valence-corrected chi connectivity index (χ4v) is 2.56. The third-order valence-corrected chi connectivity index (χ3v) is 3.36. The first-order chi connectivity index (χ1) is 8.16. The maximum absolute atomic E-state index is 14.5. The predicted octanol–water partition coefficient (Wildman–Crippen LogP) is 2.88. The fourth-order valence-electron chi connectivity index (χ4n) is 2.56. The van der Waals surface area contributed by atoms with Crippen molar-refractivity contribution in [2.75, 3.05) is 6.54 Å². The van der Waals surface area contributed by atoms with E-state index < -0.39 is 5.67 Å². The normalized spacial score (nSPS) is 24.2. The second-order valence-electron chi connectivity index (χ2n) is 5.26. The molecular weight excluding hydrogens is 215 g/mol. The maximum Gasteiger partial charge on any atom is 0.115 e. The summed E-state index contributed by atoms with van der Waals surface area (Å²) in [5.74, 6) is 0. The summed E-state index contributed by atoms with van der Waals surface area (Å²) in [6, 6.07) is 6.01. The molecule has 0 amide bonds. The molecule has 2 rings (SSSR count). The SMILES string of the molecule is CC(F)(Cc1ccccn1)CC1CCCCN1. The van der Waals surface area contributed by atoms with E-state index in [1.807, 2.05) is 18.2 Å². The number of piperidine rings is 1. The van der Waals surface area contributed by atoms with Crippen molar-refractivity contribution >= 4 is 0 Å². The molecule has 1 aliphatic heterocycles. The third kappa shape index (κ3) is 4.08. The summed E-state index contributed by atoms with van der Waals surface area (Å²) in [7, 11) is 0. The van der Waals surface area contributed by atoms with Gasteiger partial charge >= 0.3 is 0 Å². The topological polar surface area (TPSA) is 24.9 Å². The standard InChI is InChI=1S/C14H21FN2/c1-14(15,10-12-6-2-4-8-16-12)11-13-7-3-5-9-17-13/h2,4,6,8,13,17H,3,5,7,9-11H2,1H3. The highest BCUT2D eigenvalue weighted by molar-refractivity contribution is 5.07. The first-order valence-electron chi connectivity index (χ1n) is 6.48. The van der Waals surface area contributed by atoms with Crippen molar-refractivity contribution in [1.29, 1.82) is 0 Å². The lowest BCUT2D eigenvalue weighted by molar-refractivity contribution is 0.144. The Morgan fingerprint density at radius 3 is 3.00 bits per heavy atom. The summed E-state index contributed by atoms with van der Waals surface area (Å²) in [5, 5.41) is 3.40. The Labute approximate surface area is 103 Å². The van der Waals surface area contributed by atoms with Crippen molar-refractivity contribution in [3.05, 3.63) is 30.1 Å². The highest BCUT2D eigenvalue weighted by Gasteiger charge is 2.29. The van der Waals surface area contributed by atoms with Gasteiger partial charge in [-0.2, -0.15) is 0 Å². The number of rotatable bonds is 4. The predicted molar refractivity (Wildman–Crippen MR) is 67.7 cm³/mol. The fraction of sp³-hybridized carbons (Fsp3) is 0.643. The molecule has 2 nitrogen and oxygen atoms in total. The number of hydrogen-bond donors (Lipinski definition) is 1. The van der Waals surface area contributed by atoms with Gasteiger partial charge in [0.25, 0.3) is 0 Å². The number of nitrogens with zero attached hydrogens (tertiary/aromatic N) is 1. The first kappa shape index (κ1) is 12.5. The molecule has 0 saturated carbocycles. The van der Waals surface area contributed by atoms with Crippen molar-refractivity contribution in [2.45, 2.75) is 50.7 Å². The van der Waals surface area contributed by atoms with Gasteiger partial charge in [0.1, 0.15) is 5.67 Å². The van der Waals surface area contributed by atoms with Crippen LogP contribution < -0.4 is 5.32 Å². The summed E-state index contributed by atoms with van der Waals surface area (Å²) in [6.07, 6.45) is 6.26. The van der Waals surface area contributed by atoms with Crippen LogP contribution in [0.25, 0.3) is 0 Å². The Balaban J connectivity index is 1.89. The van der Waals surface area contributed by atoms with Gasteiger partial charge in [-0.3, -0.25) is 4.98 Å². The third-order valence-electron chi connectivity index (χ3n) is 3.36. The van der Waals surface area contributed by atoms with Crippen molar-refractivity contribution in [1.82, 2.24) is 10.3 Å². The van der Waals surface area contributed by atoms with E-state index in [0.29, 0.717) is 18.9 Å². The van der Waals surface area contributed by atoms with Crippen molar-refractivity contribution in [3.63, 3.8) is 0 Å². The van der Waals surface area contributed by atoms with Crippen LogP contribution >= 0.6 is 0 Å². The van der Waals surface area contributed by atoms with E-state index in [9.17, 15) is 4.39 Å². The largest absolute Gasteiger partial charge is 0.314 e. The number of aromatic nitrogens is 1. The highest BCUT2D eigenvalue weighted by atomic mass is 19.1. The van der Waals surface area contributed by atoms with E-state index in [0.717, 1.165) is 18.7 Å². The summed E-state index contributed by atoms with van der Waals surface area (Å²) >= 11 is 0. The van der Waals surface area contributed by atoms with Gasteiger partial charge in [-0.1, -0.05) is 12.5 Å². The van der Waals surface area contributed by atoms with Gasteiger partial charge < -0.3 is 5.32 Å². The lowest BCUT2D eigenvalue weighted by atomic mass is 9.89. The molecule has 0 spiro atoms. The van der Waals surface area contributed by atoms with Gasteiger partial charge in [0, 0.05) is 24.4 Å². The van der Waals surface area contributed by atoms with Gasteiger partial charge in [0.2, 0.25) is 0 Å². The van der Waals surface area contributed by atoms with Gasteiger partial charge in [-0.25, -0.2) is 4.39 Å². The maximum atomic E-state index is 14.5. The van der Waals surface area contributed by atoms with E-state index in [1.165, 1.54) is 12.8 Å². The molecule has 1 saturated heterocycles.